The molecule has 2 unspecified atom stereocenters. The van der Waals surface area contributed by atoms with Gasteiger partial charge < -0.3 is 10.4 Å². The third-order valence-corrected chi connectivity index (χ3v) is 3.98. The summed E-state index contributed by atoms with van der Waals surface area (Å²) in [6.45, 7) is 2.37. The second-order valence-corrected chi connectivity index (χ2v) is 5.38. The number of rotatable bonds is 5. The van der Waals surface area contributed by atoms with Crippen LogP contribution in [0.2, 0.25) is 0 Å². The van der Waals surface area contributed by atoms with Crippen LogP contribution in [0.25, 0.3) is 0 Å². The average molecular weight is 276 g/mol. The van der Waals surface area contributed by atoms with E-state index in [-0.39, 0.29) is 24.2 Å². The number of aliphatic carboxylic acids is 1. The highest BCUT2D eigenvalue weighted by Crippen LogP contribution is 2.31. The van der Waals surface area contributed by atoms with Gasteiger partial charge in [0.2, 0.25) is 5.91 Å². The number of nitrogens with one attached hydrogen (secondary N) is 1. The van der Waals surface area contributed by atoms with Gasteiger partial charge in [-0.25, -0.2) is 0 Å². The molecule has 1 heterocycles. The van der Waals surface area contributed by atoms with E-state index < -0.39 is 5.97 Å². The van der Waals surface area contributed by atoms with E-state index in [4.69, 9.17) is 5.11 Å². The molecule has 5 nitrogen and oxygen atoms in total. The van der Waals surface area contributed by atoms with E-state index in [9.17, 15) is 9.59 Å². The summed E-state index contributed by atoms with van der Waals surface area (Å²) in [6.07, 6.45) is 4.44. The predicted molar refractivity (Wildman–Crippen MR) is 74.2 cm³/mol. The Bertz CT molecular complexity index is 502. The number of hydrogen-bond acceptors (Lipinski definition) is 3. The van der Waals surface area contributed by atoms with Gasteiger partial charge in [-0.2, -0.15) is 0 Å². The van der Waals surface area contributed by atoms with E-state index in [1.54, 1.807) is 6.20 Å². The van der Waals surface area contributed by atoms with Crippen LogP contribution in [0.4, 0.5) is 0 Å². The molecule has 0 saturated heterocycles. The van der Waals surface area contributed by atoms with Gasteiger partial charge in [0.15, 0.2) is 0 Å². The van der Waals surface area contributed by atoms with E-state index in [1.807, 2.05) is 19.1 Å². The molecule has 1 aliphatic rings. The molecule has 108 valence electrons. The summed E-state index contributed by atoms with van der Waals surface area (Å²) >= 11 is 0. The minimum absolute atomic E-state index is 0.0567. The highest BCUT2D eigenvalue weighted by Gasteiger charge is 2.32. The first kappa shape index (κ1) is 14.5. The molecule has 0 bridgehead atoms. The lowest BCUT2D eigenvalue weighted by Gasteiger charge is -2.16. The van der Waals surface area contributed by atoms with Crippen LogP contribution in [0.3, 0.4) is 0 Å². The molecule has 1 fully saturated rings. The summed E-state index contributed by atoms with van der Waals surface area (Å²) in [5, 5.41) is 11.9. The molecule has 0 radical (unpaired) electrons. The fraction of sp³-hybridized carbons (Fsp3) is 0.533. The second kappa shape index (κ2) is 6.50. The van der Waals surface area contributed by atoms with E-state index >= 15 is 0 Å². The zero-order chi connectivity index (χ0) is 14.5. The lowest BCUT2D eigenvalue weighted by atomic mass is 9.96. The maximum Gasteiger partial charge on any atom is 0.306 e. The van der Waals surface area contributed by atoms with Crippen LogP contribution >= 0.6 is 0 Å². The zero-order valence-electron chi connectivity index (χ0n) is 11.6. The molecule has 2 atom stereocenters. The Kier molecular flexibility index (Phi) is 4.71. The molecule has 20 heavy (non-hydrogen) atoms. The standard InChI is InChI=1S/C15H20N2O3/c1-10-4-3-7-16-13(10)8-14(18)17-9-11-5-2-6-12(11)15(19)20/h3-4,7,11-12H,2,5-6,8-9H2,1H3,(H,17,18)(H,19,20). The highest BCUT2D eigenvalue weighted by molar-refractivity contribution is 5.78. The number of carboxylic acids is 1. The number of aryl methyl sites for hydroxylation is 1. The Morgan fingerprint density at radius 1 is 1.45 bits per heavy atom. The molecule has 5 heteroatoms. The smallest absolute Gasteiger partial charge is 0.306 e. The summed E-state index contributed by atoms with van der Waals surface area (Å²) in [5.41, 5.74) is 1.76. The van der Waals surface area contributed by atoms with Crippen LogP contribution in [0.5, 0.6) is 0 Å². The summed E-state index contributed by atoms with van der Waals surface area (Å²) in [4.78, 5) is 27.2. The largest absolute Gasteiger partial charge is 0.481 e. The Balaban J connectivity index is 1.84. The van der Waals surface area contributed by atoms with Crippen molar-refractivity contribution in [2.24, 2.45) is 11.8 Å². The quantitative estimate of drug-likeness (QED) is 0.855. The molecule has 1 amide bonds. The summed E-state index contributed by atoms with van der Waals surface area (Å²) in [5.74, 6) is -1.10. The number of nitrogens with zero attached hydrogens (tertiary/aromatic N) is 1. The number of carbonyl (C=O) groups is 2. The average Bonchev–Trinajstić information content (AvgIpc) is 2.88. The topological polar surface area (TPSA) is 79.3 Å². The summed E-state index contributed by atoms with van der Waals surface area (Å²) in [7, 11) is 0. The third-order valence-electron chi connectivity index (χ3n) is 3.98. The predicted octanol–water partition coefficient (Wildman–Crippen LogP) is 1.55. The van der Waals surface area contributed by atoms with Crippen molar-refractivity contribution in [3.8, 4) is 0 Å². The molecule has 1 aliphatic carbocycles. The molecule has 1 aromatic heterocycles. The molecule has 1 aromatic rings. The van der Waals surface area contributed by atoms with Crippen molar-refractivity contribution in [1.29, 1.82) is 0 Å². The van der Waals surface area contributed by atoms with Gasteiger partial charge in [-0.1, -0.05) is 12.5 Å². The van der Waals surface area contributed by atoms with E-state index in [2.05, 4.69) is 10.3 Å². The van der Waals surface area contributed by atoms with E-state index in [0.29, 0.717) is 6.54 Å². The van der Waals surface area contributed by atoms with Crippen molar-refractivity contribution in [1.82, 2.24) is 10.3 Å². The van der Waals surface area contributed by atoms with Gasteiger partial charge in [0.05, 0.1) is 18.0 Å². The first-order valence-electron chi connectivity index (χ1n) is 6.98. The lowest BCUT2D eigenvalue weighted by Crippen LogP contribution is -2.34. The van der Waals surface area contributed by atoms with Gasteiger partial charge in [0.1, 0.15) is 0 Å². The Hall–Kier alpha value is -1.91. The van der Waals surface area contributed by atoms with Crippen molar-refractivity contribution in [3.05, 3.63) is 29.6 Å². The number of carbonyl (C=O) groups excluding carboxylic acids is 1. The molecule has 1 saturated carbocycles. The normalized spacial score (nSPS) is 21.6. The van der Waals surface area contributed by atoms with Crippen molar-refractivity contribution in [2.75, 3.05) is 6.54 Å². The van der Waals surface area contributed by atoms with Crippen LogP contribution in [0, 0.1) is 18.8 Å². The summed E-state index contributed by atoms with van der Waals surface area (Å²) in [6, 6.07) is 3.76. The van der Waals surface area contributed by atoms with Gasteiger partial charge in [0.25, 0.3) is 0 Å². The SMILES string of the molecule is Cc1cccnc1CC(=O)NCC1CCCC1C(=O)O. The van der Waals surface area contributed by atoms with Crippen molar-refractivity contribution >= 4 is 11.9 Å². The Labute approximate surface area is 118 Å². The Morgan fingerprint density at radius 2 is 2.25 bits per heavy atom. The monoisotopic (exact) mass is 276 g/mol. The fourth-order valence-electron chi connectivity index (χ4n) is 2.77. The van der Waals surface area contributed by atoms with Crippen LogP contribution < -0.4 is 5.32 Å². The van der Waals surface area contributed by atoms with Gasteiger partial charge in [0, 0.05) is 12.7 Å². The zero-order valence-corrected chi connectivity index (χ0v) is 11.6. The molecule has 2 rings (SSSR count). The fourth-order valence-corrected chi connectivity index (χ4v) is 2.77. The molecule has 0 aliphatic heterocycles. The number of hydrogen-bond donors (Lipinski definition) is 2. The van der Waals surface area contributed by atoms with E-state index in [0.717, 1.165) is 30.5 Å². The van der Waals surface area contributed by atoms with Crippen LogP contribution in [-0.4, -0.2) is 28.5 Å². The van der Waals surface area contributed by atoms with Gasteiger partial charge in [-0.05, 0) is 37.3 Å². The van der Waals surface area contributed by atoms with Crippen molar-refractivity contribution < 1.29 is 14.7 Å². The number of carboxylic acid groups (broad SMARTS) is 1. The number of pyridine rings is 1. The van der Waals surface area contributed by atoms with E-state index in [1.165, 1.54) is 0 Å². The Morgan fingerprint density at radius 3 is 2.95 bits per heavy atom. The second-order valence-electron chi connectivity index (χ2n) is 5.38. The maximum absolute atomic E-state index is 11.9. The van der Waals surface area contributed by atoms with Crippen molar-refractivity contribution in [2.45, 2.75) is 32.6 Å². The van der Waals surface area contributed by atoms with Crippen LogP contribution in [0.15, 0.2) is 18.3 Å². The van der Waals surface area contributed by atoms with Crippen LogP contribution in [0.1, 0.15) is 30.5 Å². The minimum Gasteiger partial charge on any atom is -0.481 e. The molecular formula is C15H20N2O3. The van der Waals surface area contributed by atoms with Gasteiger partial charge in [-0.15, -0.1) is 0 Å². The molecular weight excluding hydrogens is 256 g/mol. The minimum atomic E-state index is -0.748. The number of aromatic nitrogens is 1. The van der Waals surface area contributed by atoms with Crippen LogP contribution in [-0.2, 0) is 16.0 Å². The molecule has 0 aromatic carbocycles. The summed E-state index contributed by atoms with van der Waals surface area (Å²) < 4.78 is 0. The van der Waals surface area contributed by atoms with Gasteiger partial charge >= 0.3 is 5.97 Å². The van der Waals surface area contributed by atoms with Gasteiger partial charge in [-0.3, -0.25) is 14.6 Å². The molecule has 2 N–H and O–H groups in total. The lowest BCUT2D eigenvalue weighted by molar-refractivity contribution is -0.143. The molecule has 0 spiro atoms. The van der Waals surface area contributed by atoms with Crippen molar-refractivity contribution in [3.63, 3.8) is 0 Å². The number of amides is 1. The maximum atomic E-state index is 11.9. The highest BCUT2D eigenvalue weighted by atomic mass is 16.4. The first-order chi connectivity index (χ1) is 9.58. The third kappa shape index (κ3) is 3.56. The first-order valence-corrected chi connectivity index (χ1v) is 6.98.